The van der Waals surface area contributed by atoms with E-state index in [9.17, 15) is 8.78 Å². The van der Waals surface area contributed by atoms with Crippen molar-refractivity contribution in [3.05, 3.63) is 76.9 Å². The van der Waals surface area contributed by atoms with Gasteiger partial charge in [0, 0.05) is 16.0 Å². The minimum atomic E-state index is -5.71. The van der Waals surface area contributed by atoms with Gasteiger partial charge in [0.2, 0.25) is 5.06 Å². The third-order valence-electron chi connectivity index (χ3n) is 5.76. The number of ether oxygens (including phenoxy) is 1. The lowest BCUT2D eigenvalue weighted by Crippen LogP contribution is -2.49. The monoisotopic (exact) mass is 538 g/mol. The summed E-state index contributed by atoms with van der Waals surface area (Å²) in [6, 6.07) is 16.7. The van der Waals surface area contributed by atoms with E-state index in [-0.39, 0.29) is 20.0 Å². The molecule has 36 heavy (non-hydrogen) atoms. The molecule has 1 aliphatic carbocycles. The van der Waals surface area contributed by atoms with Gasteiger partial charge in [-0.15, -0.1) is 11.3 Å². The molecule has 0 unspecified atom stereocenters. The Morgan fingerprint density at radius 2 is 1.11 bits per heavy atom. The number of benzene rings is 2. The maximum Gasteiger partial charge on any atom is 0.380 e. The van der Waals surface area contributed by atoms with Gasteiger partial charge in [0.15, 0.2) is 0 Å². The molecule has 0 N–H and O–H groups in total. The molecule has 0 radical (unpaired) electrons. The molecule has 0 saturated heterocycles. The minimum absolute atomic E-state index is 0.0898. The Morgan fingerprint density at radius 1 is 0.667 bits per heavy atom. The summed E-state index contributed by atoms with van der Waals surface area (Å²) in [5.74, 6) is -16.2. The van der Waals surface area contributed by atoms with Gasteiger partial charge >= 0.3 is 17.8 Å². The number of halogens is 6. The first kappa shape index (κ1) is 24.5. The first-order chi connectivity index (χ1) is 17.0. The van der Waals surface area contributed by atoms with Crippen LogP contribution in [0.4, 0.5) is 26.3 Å². The highest BCUT2D eigenvalue weighted by molar-refractivity contribution is 7.17. The Labute approximate surface area is 209 Å². The molecule has 2 aromatic carbocycles. The van der Waals surface area contributed by atoms with Gasteiger partial charge in [-0.25, -0.2) is 9.97 Å². The Hall–Kier alpha value is -3.18. The van der Waals surface area contributed by atoms with Crippen molar-refractivity contribution in [1.82, 2.24) is 9.97 Å². The van der Waals surface area contributed by atoms with Crippen LogP contribution in [-0.2, 0) is 0 Å². The zero-order valence-electron chi connectivity index (χ0n) is 18.7. The van der Waals surface area contributed by atoms with E-state index in [1.54, 1.807) is 60.7 Å². The van der Waals surface area contributed by atoms with Crippen LogP contribution in [0.3, 0.4) is 0 Å². The first-order valence-corrected chi connectivity index (χ1v) is 12.2. The third-order valence-corrected chi connectivity index (χ3v) is 7.85. The fourth-order valence-electron chi connectivity index (χ4n) is 4.00. The van der Waals surface area contributed by atoms with Crippen molar-refractivity contribution in [2.75, 3.05) is 7.11 Å². The smallest absolute Gasteiger partial charge is 0.380 e. The zero-order chi connectivity index (χ0) is 25.9. The highest BCUT2D eigenvalue weighted by Crippen LogP contribution is 2.66. The van der Waals surface area contributed by atoms with E-state index >= 15 is 17.6 Å². The predicted octanol–water partition coefficient (Wildman–Crippen LogP) is 8.08. The van der Waals surface area contributed by atoms with Crippen molar-refractivity contribution in [2.45, 2.75) is 24.7 Å². The van der Waals surface area contributed by atoms with E-state index in [0.29, 0.717) is 11.1 Å². The number of aromatic nitrogens is 2. The number of methoxy groups -OCH3 is 1. The molecule has 5 rings (SSSR count). The quantitative estimate of drug-likeness (QED) is 0.241. The van der Waals surface area contributed by atoms with Crippen LogP contribution < -0.4 is 4.74 Å². The van der Waals surface area contributed by atoms with Gasteiger partial charge in [0.25, 0.3) is 0 Å². The van der Waals surface area contributed by atoms with Crippen molar-refractivity contribution < 1.29 is 31.1 Å². The summed E-state index contributed by atoms with van der Waals surface area (Å²) in [4.78, 5) is 8.32. The number of hydrogen-bond donors (Lipinski definition) is 0. The summed E-state index contributed by atoms with van der Waals surface area (Å²) < 4.78 is 95.8. The van der Waals surface area contributed by atoms with Crippen LogP contribution in [0.25, 0.3) is 32.3 Å². The summed E-state index contributed by atoms with van der Waals surface area (Å²) in [5.41, 5.74) is -3.47. The average molecular weight is 539 g/mol. The van der Waals surface area contributed by atoms with Crippen molar-refractivity contribution >= 4 is 33.8 Å². The van der Waals surface area contributed by atoms with Crippen molar-refractivity contribution in [2.24, 2.45) is 0 Å². The predicted molar refractivity (Wildman–Crippen MR) is 128 cm³/mol. The normalized spacial score (nSPS) is 18.0. The molecule has 0 fully saturated rings. The van der Waals surface area contributed by atoms with Crippen molar-refractivity contribution in [3.8, 4) is 26.2 Å². The lowest BCUT2D eigenvalue weighted by Gasteiger charge is -2.25. The minimum Gasteiger partial charge on any atom is -0.486 e. The van der Waals surface area contributed by atoms with E-state index in [1.165, 1.54) is 6.92 Å². The SMILES string of the molecule is COc1sc(-c2ccccc2)nc1C1=C(c2nc(-c3ccccc3)sc2C)C(F)(F)C(F)(F)C1(F)F. The second-order valence-electron chi connectivity index (χ2n) is 7.99. The number of allylic oxidation sites excluding steroid dienone is 2. The molecular formula is C25H16F6N2OS2. The molecule has 2 heterocycles. The highest BCUT2D eigenvalue weighted by Gasteiger charge is 2.81. The molecule has 0 aliphatic heterocycles. The van der Waals surface area contributed by atoms with E-state index in [1.807, 2.05) is 0 Å². The summed E-state index contributed by atoms with van der Waals surface area (Å²) in [6.45, 7) is 1.38. The fourth-order valence-corrected chi connectivity index (χ4v) is 5.82. The van der Waals surface area contributed by atoms with Gasteiger partial charge in [0.05, 0.1) is 23.9 Å². The van der Waals surface area contributed by atoms with Crippen molar-refractivity contribution in [1.29, 1.82) is 0 Å². The number of nitrogens with zero attached hydrogens (tertiary/aromatic N) is 2. The van der Waals surface area contributed by atoms with E-state index in [2.05, 4.69) is 9.97 Å². The first-order valence-electron chi connectivity index (χ1n) is 10.5. The molecule has 0 spiro atoms. The summed E-state index contributed by atoms with van der Waals surface area (Å²) >= 11 is 1.74. The van der Waals surface area contributed by atoms with Gasteiger partial charge in [-0.05, 0) is 6.92 Å². The van der Waals surface area contributed by atoms with Gasteiger partial charge < -0.3 is 4.74 Å². The van der Waals surface area contributed by atoms with Crippen LogP contribution in [-0.4, -0.2) is 34.8 Å². The largest absolute Gasteiger partial charge is 0.486 e. The molecule has 1 aliphatic rings. The van der Waals surface area contributed by atoms with Gasteiger partial charge in [-0.1, -0.05) is 72.0 Å². The molecule has 0 amide bonds. The molecule has 186 valence electrons. The second-order valence-corrected chi connectivity index (χ2v) is 10.2. The van der Waals surface area contributed by atoms with Gasteiger partial charge in [0.1, 0.15) is 15.7 Å². The summed E-state index contributed by atoms with van der Waals surface area (Å²) in [5, 5.41) is 0.105. The molecule has 11 heteroatoms. The number of alkyl halides is 6. The van der Waals surface area contributed by atoms with Crippen LogP contribution in [0.1, 0.15) is 16.3 Å². The number of aryl methyl sites for hydroxylation is 1. The number of thiazole rings is 2. The molecule has 0 bridgehead atoms. The third kappa shape index (κ3) is 3.47. The Kier molecular flexibility index (Phi) is 5.75. The average Bonchev–Trinajstić information content (AvgIpc) is 3.48. The molecular weight excluding hydrogens is 522 g/mol. The van der Waals surface area contributed by atoms with Crippen LogP contribution >= 0.6 is 22.7 Å². The maximum absolute atomic E-state index is 15.3. The Bertz CT molecular complexity index is 1460. The fraction of sp³-hybridized carbons (Fsp3) is 0.200. The van der Waals surface area contributed by atoms with E-state index in [0.717, 1.165) is 29.8 Å². The van der Waals surface area contributed by atoms with E-state index in [4.69, 9.17) is 4.74 Å². The molecule has 0 atom stereocenters. The number of rotatable bonds is 5. The van der Waals surface area contributed by atoms with Crippen LogP contribution in [0.2, 0.25) is 0 Å². The standard InChI is InChI=1S/C25H16F6N2OS2/c1-13-18(32-20(35-13)14-9-5-3-6-10-14)16-17(24(28,29)25(30,31)23(16,26)27)19-22(34-2)36-21(33-19)15-11-7-4-8-12-15/h3-12H,1-2H3. The van der Waals surface area contributed by atoms with Crippen LogP contribution in [0.5, 0.6) is 5.06 Å². The lowest BCUT2D eigenvalue weighted by molar-refractivity contribution is -0.254. The Balaban J connectivity index is 1.80. The summed E-state index contributed by atoms with van der Waals surface area (Å²) in [7, 11) is 1.14. The number of hydrogen-bond acceptors (Lipinski definition) is 5. The maximum atomic E-state index is 15.3. The van der Waals surface area contributed by atoms with Crippen LogP contribution in [0.15, 0.2) is 60.7 Å². The highest BCUT2D eigenvalue weighted by atomic mass is 32.1. The van der Waals surface area contributed by atoms with Gasteiger partial charge in [-0.2, -0.15) is 26.3 Å². The molecule has 0 saturated carbocycles. The second kappa shape index (κ2) is 8.45. The lowest BCUT2D eigenvalue weighted by atomic mass is 10.0. The van der Waals surface area contributed by atoms with Crippen LogP contribution in [0, 0.1) is 6.92 Å². The van der Waals surface area contributed by atoms with E-state index < -0.39 is 40.3 Å². The topological polar surface area (TPSA) is 35.0 Å². The molecule has 4 aromatic rings. The van der Waals surface area contributed by atoms with Crippen molar-refractivity contribution in [3.63, 3.8) is 0 Å². The van der Waals surface area contributed by atoms with Gasteiger partial charge in [-0.3, -0.25) is 0 Å². The Morgan fingerprint density at radius 3 is 1.61 bits per heavy atom. The summed E-state index contributed by atoms with van der Waals surface area (Å²) in [6.07, 6.45) is 0. The molecule has 2 aromatic heterocycles. The zero-order valence-corrected chi connectivity index (χ0v) is 20.3. The molecule has 3 nitrogen and oxygen atoms in total.